The third kappa shape index (κ3) is 5.83. The van der Waals surface area contributed by atoms with Crippen LogP contribution in [0.2, 0.25) is 0 Å². The second-order valence-corrected chi connectivity index (χ2v) is 9.33. The molecule has 1 amide bonds. The predicted molar refractivity (Wildman–Crippen MR) is 109 cm³/mol. The van der Waals surface area contributed by atoms with Gasteiger partial charge in [-0.05, 0) is 30.4 Å². The largest absolute Gasteiger partial charge is 0.573 e. The number of hydrazine groups is 1. The quantitative estimate of drug-likeness (QED) is 0.605. The van der Waals surface area contributed by atoms with Crippen molar-refractivity contribution in [2.75, 3.05) is 11.9 Å². The van der Waals surface area contributed by atoms with Gasteiger partial charge in [0, 0.05) is 12.6 Å². The van der Waals surface area contributed by atoms with Crippen LogP contribution in [-0.2, 0) is 9.59 Å². The average Bonchev–Trinajstić information content (AvgIpc) is 3.22. The van der Waals surface area contributed by atoms with E-state index in [1.165, 1.54) is 12.1 Å². The van der Waals surface area contributed by atoms with E-state index >= 15 is 0 Å². The number of aromatic nitrogens is 1. The van der Waals surface area contributed by atoms with Crippen molar-refractivity contribution in [1.82, 2.24) is 15.4 Å². The summed E-state index contributed by atoms with van der Waals surface area (Å²) in [6.07, 6.45) is -3.56. The van der Waals surface area contributed by atoms with Crippen LogP contribution in [0.4, 0.5) is 18.3 Å². The SMILES string of the molecule is CC(C)(C)C(NN1CCC[C@@H]1C(=O)Nc1nc2ccc(OC(F)(F)F)cc2s1)C(=O)O. The Labute approximate surface area is 180 Å². The molecular formula is C19H23F3N4O4S. The van der Waals surface area contributed by atoms with Crippen LogP contribution >= 0.6 is 11.3 Å². The number of anilines is 1. The van der Waals surface area contributed by atoms with Gasteiger partial charge in [0.1, 0.15) is 17.8 Å². The van der Waals surface area contributed by atoms with Gasteiger partial charge in [-0.3, -0.25) is 9.59 Å². The van der Waals surface area contributed by atoms with Crippen LogP contribution in [0.15, 0.2) is 18.2 Å². The number of thiazole rings is 1. The number of benzene rings is 1. The molecule has 1 saturated heterocycles. The summed E-state index contributed by atoms with van der Waals surface area (Å²) >= 11 is 1.03. The molecule has 0 radical (unpaired) electrons. The highest BCUT2D eigenvalue weighted by atomic mass is 32.1. The molecule has 0 spiro atoms. The molecule has 2 heterocycles. The fourth-order valence-electron chi connectivity index (χ4n) is 3.32. The molecule has 1 fully saturated rings. The number of nitrogens with one attached hydrogen (secondary N) is 2. The Morgan fingerprint density at radius 2 is 2.03 bits per heavy atom. The first-order valence-electron chi connectivity index (χ1n) is 9.56. The molecule has 3 rings (SSSR count). The zero-order valence-corrected chi connectivity index (χ0v) is 17.9. The standard InChI is InChI=1S/C19H23F3N4O4S/c1-18(2,3)14(16(28)29)25-26-8-4-5-12(26)15(27)24-17-23-11-7-6-10(9-13(11)31-17)30-19(20,21)22/h6-7,9,12,14,25H,4-5,8H2,1-3H3,(H,28,29)(H,23,24,27)/t12-,14?/m1/s1. The summed E-state index contributed by atoms with van der Waals surface area (Å²) in [4.78, 5) is 28.7. The highest BCUT2D eigenvalue weighted by Gasteiger charge is 2.38. The van der Waals surface area contributed by atoms with Gasteiger partial charge in [0.25, 0.3) is 0 Å². The molecule has 31 heavy (non-hydrogen) atoms. The Hall–Kier alpha value is -2.44. The molecule has 170 valence electrons. The number of carboxylic acids is 1. The molecule has 0 saturated carbocycles. The summed E-state index contributed by atoms with van der Waals surface area (Å²) in [6, 6.07) is 2.27. The third-order valence-electron chi connectivity index (χ3n) is 4.79. The Morgan fingerprint density at radius 1 is 1.32 bits per heavy atom. The number of ether oxygens (including phenoxy) is 1. The van der Waals surface area contributed by atoms with Crippen molar-refractivity contribution in [1.29, 1.82) is 0 Å². The predicted octanol–water partition coefficient (Wildman–Crippen LogP) is 3.60. The molecule has 0 aliphatic carbocycles. The molecule has 1 aliphatic rings. The number of amides is 1. The molecule has 1 aliphatic heterocycles. The van der Waals surface area contributed by atoms with E-state index < -0.39 is 29.8 Å². The van der Waals surface area contributed by atoms with Crippen molar-refractivity contribution in [3.63, 3.8) is 0 Å². The second-order valence-electron chi connectivity index (χ2n) is 8.30. The summed E-state index contributed by atoms with van der Waals surface area (Å²) in [5, 5.41) is 14.1. The molecule has 0 bridgehead atoms. The first kappa shape index (κ1) is 23.2. The van der Waals surface area contributed by atoms with Crippen molar-refractivity contribution in [3.8, 4) is 5.75 Å². The van der Waals surface area contributed by atoms with Gasteiger partial charge in [-0.25, -0.2) is 15.4 Å². The van der Waals surface area contributed by atoms with E-state index in [0.717, 1.165) is 17.4 Å². The van der Waals surface area contributed by atoms with Crippen LogP contribution in [0.5, 0.6) is 5.75 Å². The maximum absolute atomic E-state index is 12.8. The Kier molecular flexibility index (Phi) is 6.44. The minimum Gasteiger partial charge on any atom is -0.480 e. The van der Waals surface area contributed by atoms with Gasteiger partial charge in [0.2, 0.25) is 5.91 Å². The number of carboxylic acid groups (broad SMARTS) is 1. The van der Waals surface area contributed by atoms with E-state index in [4.69, 9.17) is 0 Å². The van der Waals surface area contributed by atoms with E-state index in [0.29, 0.717) is 29.6 Å². The number of carbonyl (C=O) groups excluding carboxylic acids is 1. The number of nitrogens with zero attached hydrogens (tertiary/aromatic N) is 2. The second kappa shape index (κ2) is 8.60. The van der Waals surface area contributed by atoms with Crippen LogP contribution < -0.4 is 15.5 Å². The first-order chi connectivity index (χ1) is 14.3. The lowest BCUT2D eigenvalue weighted by atomic mass is 9.87. The van der Waals surface area contributed by atoms with Gasteiger partial charge in [-0.2, -0.15) is 0 Å². The van der Waals surface area contributed by atoms with Gasteiger partial charge in [0.15, 0.2) is 5.13 Å². The summed E-state index contributed by atoms with van der Waals surface area (Å²) in [5.74, 6) is -1.75. The van der Waals surface area contributed by atoms with Crippen LogP contribution in [-0.4, -0.2) is 52.0 Å². The van der Waals surface area contributed by atoms with Crippen LogP contribution in [0.3, 0.4) is 0 Å². The van der Waals surface area contributed by atoms with Gasteiger partial charge in [0.05, 0.1) is 10.2 Å². The zero-order valence-electron chi connectivity index (χ0n) is 17.1. The lowest BCUT2D eigenvalue weighted by molar-refractivity contribution is -0.274. The smallest absolute Gasteiger partial charge is 0.480 e. The molecule has 3 N–H and O–H groups in total. The van der Waals surface area contributed by atoms with Gasteiger partial charge >= 0.3 is 12.3 Å². The van der Waals surface area contributed by atoms with Crippen LogP contribution in [0, 0.1) is 5.41 Å². The fourth-order valence-corrected chi connectivity index (χ4v) is 4.22. The Balaban J connectivity index is 1.71. The molecule has 2 atom stereocenters. The highest BCUT2D eigenvalue weighted by Crippen LogP contribution is 2.32. The third-order valence-corrected chi connectivity index (χ3v) is 5.72. The number of alkyl halides is 3. The van der Waals surface area contributed by atoms with Crippen molar-refractivity contribution in [2.45, 2.75) is 52.1 Å². The number of aliphatic carboxylic acids is 1. The topological polar surface area (TPSA) is 104 Å². The Bertz CT molecular complexity index is 973. The van der Waals surface area contributed by atoms with Crippen LogP contribution in [0.1, 0.15) is 33.6 Å². The maximum Gasteiger partial charge on any atom is 0.573 e. The fraction of sp³-hybridized carbons (Fsp3) is 0.526. The van der Waals surface area contributed by atoms with Crippen molar-refractivity contribution in [3.05, 3.63) is 18.2 Å². The van der Waals surface area contributed by atoms with Crippen molar-refractivity contribution >= 4 is 38.6 Å². The zero-order chi connectivity index (χ0) is 23.0. The molecular weight excluding hydrogens is 437 g/mol. The Morgan fingerprint density at radius 3 is 2.65 bits per heavy atom. The molecule has 1 unspecified atom stereocenters. The summed E-state index contributed by atoms with van der Waals surface area (Å²) in [7, 11) is 0. The number of hydrogen-bond donors (Lipinski definition) is 3. The van der Waals surface area contributed by atoms with Crippen LogP contribution in [0.25, 0.3) is 10.2 Å². The van der Waals surface area contributed by atoms with Gasteiger partial charge in [-0.1, -0.05) is 32.1 Å². The molecule has 2 aromatic rings. The maximum atomic E-state index is 12.8. The highest BCUT2D eigenvalue weighted by molar-refractivity contribution is 7.22. The van der Waals surface area contributed by atoms with E-state index in [1.54, 1.807) is 25.8 Å². The summed E-state index contributed by atoms with van der Waals surface area (Å²) in [5.41, 5.74) is 2.82. The normalized spacial score (nSPS) is 18.8. The van der Waals surface area contributed by atoms with Crippen molar-refractivity contribution < 1.29 is 32.6 Å². The average molecular weight is 460 g/mol. The minimum atomic E-state index is -4.80. The molecule has 1 aromatic carbocycles. The monoisotopic (exact) mass is 460 g/mol. The summed E-state index contributed by atoms with van der Waals surface area (Å²) in [6.45, 7) is 5.89. The van der Waals surface area contributed by atoms with Crippen molar-refractivity contribution in [2.24, 2.45) is 5.41 Å². The summed E-state index contributed by atoms with van der Waals surface area (Å²) < 4.78 is 41.5. The number of carbonyl (C=O) groups is 2. The molecule has 8 nitrogen and oxygen atoms in total. The molecule has 12 heteroatoms. The van der Waals surface area contributed by atoms with E-state index in [-0.39, 0.29) is 16.8 Å². The lowest BCUT2D eigenvalue weighted by Gasteiger charge is -2.34. The number of rotatable bonds is 6. The molecule has 1 aromatic heterocycles. The van der Waals surface area contributed by atoms with E-state index in [2.05, 4.69) is 20.5 Å². The van der Waals surface area contributed by atoms with Gasteiger partial charge in [-0.15, -0.1) is 13.2 Å². The van der Waals surface area contributed by atoms with E-state index in [1.807, 2.05) is 0 Å². The van der Waals surface area contributed by atoms with E-state index in [9.17, 15) is 27.9 Å². The van der Waals surface area contributed by atoms with Gasteiger partial charge < -0.3 is 15.2 Å². The minimum absolute atomic E-state index is 0.238. The number of hydrogen-bond acceptors (Lipinski definition) is 7. The number of fused-ring (bicyclic) bond motifs is 1. The lowest BCUT2D eigenvalue weighted by Crippen LogP contribution is -2.57. The first-order valence-corrected chi connectivity index (χ1v) is 10.4. The number of halogens is 3.